The van der Waals surface area contributed by atoms with E-state index in [1.54, 1.807) is 6.07 Å². The number of hydrogen-bond donors (Lipinski definition) is 1. The van der Waals surface area contributed by atoms with Crippen LogP contribution in [0.15, 0.2) is 84.9 Å². The third-order valence-electron chi connectivity index (χ3n) is 6.59. The van der Waals surface area contributed by atoms with E-state index in [0.717, 1.165) is 38.3 Å². The van der Waals surface area contributed by atoms with Crippen molar-refractivity contribution in [3.8, 4) is 0 Å². The monoisotopic (exact) mass is 481 g/mol. The molecule has 4 rings (SSSR count). The standard InChI is InChI=1S/C28H30F3N3O/c1-21(27(35)32-20-22-9-8-14-25(19-22)28(29,30)31)33-15-17-34(18-16-33)26(23-10-4-2-5-11-23)24-12-6-3-7-13-24/h2-14,19,21,26H,15-18,20H2,1H3,(H,32,35). The number of rotatable bonds is 7. The van der Waals surface area contributed by atoms with Crippen molar-refractivity contribution in [2.75, 3.05) is 26.2 Å². The molecule has 7 heteroatoms. The zero-order chi connectivity index (χ0) is 24.8. The van der Waals surface area contributed by atoms with Crippen LogP contribution in [0.5, 0.6) is 0 Å². The van der Waals surface area contributed by atoms with Crippen molar-refractivity contribution in [1.82, 2.24) is 15.1 Å². The molecular formula is C28H30F3N3O. The molecule has 1 atom stereocenters. The molecule has 3 aromatic carbocycles. The van der Waals surface area contributed by atoms with Crippen LogP contribution < -0.4 is 5.32 Å². The maximum atomic E-state index is 12.9. The third kappa shape index (κ3) is 6.29. The summed E-state index contributed by atoms with van der Waals surface area (Å²) in [6.45, 7) is 4.99. The van der Waals surface area contributed by atoms with E-state index in [9.17, 15) is 18.0 Å². The molecule has 0 spiro atoms. The molecular weight excluding hydrogens is 451 g/mol. The number of amides is 1. The Kier molecular flexibility index (Phi) is 7.88. The van der Waals surface area contributed by atoms with Crippen molar-refractivity contribution in [1.29, 1.82) is 0 Å². The molecule has 0 aliphatic carbocycles. The van der Waals surface area contributed by atoms with Crippen LogP contribution in [0.3, 0.4) is 0 Å². The number of nitrogens with one attached hydrogen (secondary N) is 1. The minimum absolute atomic E-state index is 0.0666. The summed E-state index contributed by atoms with van der Waals surface area (Å²) in [7, 11) is 0. The first-order chi connectivity index (χ1) is 16.8. The molecule has 3 aromatic rings. The molecule has 0 radical (unpaired) electrons. The largest absolute Gasteiger partial charge is 0.416 e. The van der Waals surface area contributed by atoms with Gasteiger partial charge in [-0.3, -0.25) is 14.6 Å². The maximum absolute atomic E-state index is 12.9. The van der Waals surface area contributed by atoms with E-state index in [4.69, 9.17) is 0 Å². The highest BCUT2D eigenvalue weighted by molar-refractivity contribution is 5.81. The van der Waals surface area contributed by atoms with Crippen LogP contribution in [-0.4, -0.2) is 47.9 Å². The first kappa shape index (κ1) is 24.9. The number of benzene rings is 3. The van der Waals surface area contributed by atoms with Crippen molar-refractivity contribution in [2.24, 2.45) is 0 Å². The van der Waals surface area contributed by atoms with Crippen LogP contribution in [0, 0.1) is 0 Å². The average molecular weight is 482 g/mol. The quantitative estimate of drug-likeness (QED) is 0.509. The van der Waals surface area contributed by atoms with Crippen molar-refractivity contribution in [3.05, 3.63) is 107 Å². The summed E-state index contributed by atoms with van der Waals surface area (Å²) in [6.07, 6.45) is -4.40. The number of carbonyl (C=O) groups excluding carboxylic acids is 1. The summed E-state index contributed by atoms with van der Waals surface area (Å²) in [5.74, 6) is -0.182. The summed E-state index contributed by atoms with van der Waals surface area (Å²) < 4.78 is 38.8. The van der Waals surface area contributed by atoms with E-state index in [1.807, 2.05) is 19.1 Å². The second-order valence-electron chi connectivity index (χ2n) is 8.89. The lowest BCUT2D eigenvalue weighted by atomic mass is 9.96. The molecule has 184 valence electrons. The molecule has 35 heavy (non-hydrogen) atoms. The van der Waals surface area contributed by atoms with Gasteiger partial charge in [0, 0.05) is 32.7 Å². The van der Waals surface area contributed by atoms with Crippen LogP contribution in [0.2, 0.25) is 0 Å². The van der Waals surface area contributed by atoms with Crippen LogP contribution in [0.25, 0.3) is 0 Å². The Morgan fingerprint density at radius 1 is 0.829 bits per heavy atom. The lowest BCUT2D eigenvalue weighted by Gasteiger charge is -2.41. The van der Waals surface area contributed by atoms with Gasteiger partial charge in [-0.25, -0.2) is 0 Å². The molecule has 1 fully saturated rings. The summed E-state index contributed by atoms with van der Waals surface area (Å²) in [4.78, 5) is 17.3. The Bertz CT molecular complexity index is 1060. The summed E-state index contributed by atoms with van der Waals surface area (Å²) >= 11 is 0. The van der Waals surface area contributed by atoms with Gasteiger partial charge in [-0.15, -0.1) is 0 Å². The van der Waals surface area contributed by atoms with Gasteiger partial charge in [0.05, 0.1) is 17.6 Å². The molecule has 1 aliphatic rings. The first-order valence-electron chi connectivity index (χ1n) is 11.8. The molecule has 1 N–H and O–H groups in total. The molecule has 1 amide bonds. The van der Waals surface area contributed by atoms with E-state index in [1.165, 1.54) is 17.2 Å². The molecule has 1 saturated heterocycles. The minimum atomic E-state index is -4.40. The number of nitrogens with zero attached hydrogens (tertiary/aromatic N) is 2. The molecule has 0 aromatic heterocycles. The first-order valence-corrected chi connectivity index (χ1v) is 11.8. The molecule has 1 unspecified atom stereocenters. The van der Waals surface area contributed by atoms with Crippen molar-refractivity contribution in [2.45, 2.75) is 31.7 Å². The normalized spacial score (nSPS) is 16.3. The van der Waals surface area contributed by atoms with Gasteiger partial charge in [-0.1, -0.05) is 72.8 Å². The van der Waals surface area contributed by atoms with Crippen molar-refractivity contribution in [3.63, 3.8) is 0 Å². The highest BCUT2D eigenvalue weighted by atomic mass is 19.4. The van der Waals surface area contributed by atoms with E-state index >= 15 is 0 Å². The van der Waals surface area contributed by atoms with E-state index in [2.05, 4.69) is 63.6 Å². The van der Waals surface area contributed by atoms with E-state index < -0.39 is 11.7 Å². The average Bonchev–Trinajstić information content (AvgIpc) is 2.88. The highest BCUT2D eigenvalue weighted by Crippen LogP contribution is 2.30. The Balaban J connectivity index is 1.35. The van der Waals surface area contributed by atoms with Crippen LogP contribution in [0.1, 0.15) is 35.2 Å². The van der Waals surface area contributed by atoms with Gasteiger partial charge in [0.1, 0.15) is 0 Å². The second-order valence-corrected chi connectivity index (χ2v) is 8.89. The Morgan fingerprint density at radius 2 is 1.37 bits per heavy atom. The number of halogens is 3. The molecule has 1 aliphatic heterocycles. The number of alkyl halides is 3. The molecule has 0 saturated carbocycles. The zero-order valence-corrected chi connectivity index (χ0v) is 19.7. The van der Waals surface area contributed by atoms with Crippen LogP contribution in [-0.2, 0) is 17.5 Å². The van der Waals surface area contributed by atoms with Crippen LogP contribution in [0.4, 0.5) is 13.2 Å². The van der Waals surface area contributed by atoms with E-state index in [-0.39, 0.29) is 24.5 Å². The topological polar surface area (TPSA) is 35.6 Å². The van der Waals surface area contributed by atoms with Crippen molar-refractivity contribution < 1.29 is 18.0 Å². The van der Waals surface area contributed by atoms with Gasteiger partial charge in [0.25, 0.3) is 0 Å². The van der Waals surface area contributed by atoms with Gasteiger partial charge >= 0.3 is 6.18 Å². The zero-order valence-electron chi connectivity index (χ0n) is 19.7. The smallest absolute Gasteiger partial charge is 0.351 e. The third-order valence-corrected chi connectivity index (χ3v) is 6.59. The van der Waals surface area contributed by atoms with Crippen LogP contribution >= 0.6 is 0 Å². The minimum Gasteiger partial charge on any atom is -0.351 e. The molecule has 0 bridgehead atoms. The number of hydrogen-bond acceptors (Lipinski definition) is 3. The van der Waals surface area contributed by atoms with Gasteiger partial charge in [0.2, 0.25) is 5.91 Å². The predicted octanol–water partition coefficient (Wildman–Crippen LogP) is 5.12. The lowest BCUT2D eigenvalue weighted by molar-refractivity contribution is -0.137. The Hall–Kier alpha value is -3.16. The van der Waals surface area contributed by atoms with E-state index in [0.29, 0.717) is 5.56 Å². The molecule has 4 nitrogen and oxygen atoms in total. The summed E-state index contributed by atoms with van der Waals surface area (Å²) in [5.41, 5.74) is 2.19. The number of piperazine rings is 1. The Morgan fingerprint density at radius 3 is 1.91 bits per heavy atom. The van der Waals surface area contributed by atoms with Gasteiger partial charge in [-0.2, -0.15) is 13.2 Å². The fourth-order valence-corrected chi connectivity index (χ4v) is 4.63. The predicted molar refractivity (Wildman–Crippen MR) is 131 cm³/mol. The van der Waals surface area contributed by atoms with Gasteiger partial charge in [0.15, 0.2) is 0 Å². The van der Waals surface area contributed by atoms with Gasteiger partial charge in [-0.05, 0) is 35.7 Å². The maximum Gasteiger partial charge on any atom is 0.416 e. The Labute approximate surface area is 204 Å². The molecule has 1 heterocycles. The highest BCUT2D eigenvalue weighted by Gasteiger charge is 2.31. The van der Waals surface area contributed by atoms with Gasteiger partial charge < -0.3 is 5.32 Å². The number of carbonyl (C=O) groups is 1. The van der Waals surface area contributed by atoms with Crippen molar-refractivity contribution >= 4 is 5.91 Å². The summed E-state index contributed by atoms with van der Waals surface area (Å²) in [5, 5.41) is 2.80. The fraction of sp³-hybridized carbons (Fsp3) is 0.321. The summed E-state index contributed by atoms with van der Waals surface area (Å²) in [6, 6.07) is 25.7. The lowest BCUT2D eigenvalue weighted by Crippen LogP contribution is -2.54. The fourth-order valence-electron chi connectivity index (χ4n) is 4.63. The SMILES string of the molecule is CC(C(=O)NCc1cccc(C(F)(F)F)c1)N1CCN(C(c2ccccc2)c2ccccc2)CC1. The second kappa shape index (κ2) is 11.1.